The van der Waals surface area contributed by atoms with Crippen LogP contribution in [0, 0.1) is 5.82 Å². The van der Waals surface area contributed by atoms with Crippen molar-refractivity contribution in [3.8, 4) is 33.4 Å². The fourth-order valence-electron chi connectivity index (χ4n) is 6.66. The molecule has 6 heteroatoms. The molecule has 0 saturated carbocycles. The van der Waals surface area contributed by atoms with Gasteiger partial charge in [0.1, 0.15) is 5.82 Å². The maximum absolute atomic E-state index is 14.4. The van der Waals surface area contributed by atoms with Gasteiger partial charge in [-0.05, 0) is 83.5 Å². The van der Waals surface area contributed by atoms with Crippen LogP contribution in [0.5, 0.6) is 0 Å². The van der Waals surface area contributed by atoms with Gasteiger partial charge in [-0.3, -0.25) is 0 Å². The van der Waals surface area contributed by atoms with Gasteiger partial charge in [0, 0.05) is 38.1 Å². The molecule has 0 spiro atoms. The lowest BCUT2D eigenvalue weighted by atomic mass is 10.0. The molecule has 0 radical (unpaired) electrons. The van der Waals surface area contributed by atoms with Crippen molar-refractivity contribution in [2.45, 2.75) is 9.79 Å². The minimum Gasteiger partial charge on any atom is -0.354 e. The molecule has 0 aliphatic carbocycles. The van der Waals surface area contributed by atoms with Crippen LogP contribution in [-0.4, -0.2) is 19.9 Å². The summed E-state index contributed by atoms with van der Waals surface area (Å²) in [4.78, 5) is 19.8. The lowest BCUT2D eigenvalue weighted by molar-refractivity contribution is 0.624. The summed E-state index contributed by atoms with van der Waals surface area (Å²) in [6.45, 7) is 0. The molecule has 5 heterocycles. The molecule has 238 valence electrons. The Hall–Kier alpha value is -6.24. The average molecular weight is 665 g/mol. The molecule has 3 aromatic heterocycles. The molecule has 2 aliphatic rings. The highest BCUT2D eigenvalue weighted by Crippen LogP contribution is 2.39. The summed E-state index contributed by atoms with van der Waals surface area (Å²) in [6.07, 6.45) is 8.32. The van der Waals surface area contributed by atoms with Crippen LogP contribution >= 0.6 is 11.8 Å². The van der Waals surface area contributed by atoms with E-state index in [0.717, 1.165) is 88.0 Å². The van der Waals surface area contributed by atoms with Crippen molar-refractivity contribution >= 4 is 58.1 Å². The van der Waals surface area contributed by atoms with Gasteiger partial charge in [0.05, 0.1) is 33.2 Å². The second-order valence-corrected chi connectivity index (χ2v) is 13.2. The van der Waals surface area contributed by atoms with E-state index in [2.05, 4.69) is 107 Å². The quantitative estimate of drug-likeness (QED) is 0.192. The number of aromatic nitrogens is 4. The second-order valence-electron chi connectivity index (χ2n) is 12.1. The first kappa shape index (κ1) is 29.9. The van der Waals surface area contributed by atoms with Crippen molar-refractivity contribution in [1.29, 1.82) is 0 Å². The Morgan fingerprint density at radius 3 is 1.32 bits per heavy atom. The number of nitrogens with zero attached hydrogens (tertiary/aromatic N) is 2. The lowest BCUT2D eigenvalue weighted by Crippen LogP contribution is -1.89. The first-order chi connectivity index (χ1) is 24.7. The Balaban J connectivity index is 1.44. The molecule has 8 bridgehead atoms. The van der Waals surface area contributed by atoms with E-state index >= 15 is 0 Å². The first-order valence-electron chi connectivity index (χ1n) is 16.4. The molecule has 7 aromatic rings. The van der Waals surface area contributed by atoms with Crippen LogP contribution < -0.4 is 0 Å². The van der Waals surface area contributed by atoms with Gasteiger partial charge in [-0.2, -0.15) is 0 Å². The normalized spacial score (nSPS) is 12.0. The largest absolute Gasteiger partial charge is 0.354 e. The monoisotopic (exact) mass is 664 g/mol. The van der Waals surface area contributed by atoms with Crippen LogP contribution in [-0.2, 0) is 0 Å². The number of hydrogen-bond acceptors (Lipinski definition) is 3. The van der Waals surface area contributed by atoms with E-state index in [-0.39, 0.29) is 5.82 Å². The Labute approximate surface area is 292 Å². The minimum atomic E-state index is -0.279. The van der Waals surface area contributed by atoms with E-state index in [1.165, 1.54) is 17.8 Å². The first-order valence-corrected chi connectivity index (χ1v) is 17.3. The van der Waals surface area contributed by atoms with Crippen LogP contribution in [0.15, 0.2) is 149 Å². The van der Waals surface area contributed by atoms with E-state index in [9.17, 15) is 4.39 Å². The van der Waals surface area contributed by atoms with Crippen LogP contribution in [0.2, 0.25) is 0 Å². The molecule has 0 saturated heterocycles. The molecule has 0 fully saturated rings. The molecule has 50 heavy (non-hydrogen) atoms. The van der Waals surface area contributed by atoms with Gasteiger partial charge in [-0.25, -0.2) is 14.4 Å². The van der Waals surface area contributed by atoms with Crippen molar-refractivity contribution < 1.29 is 4.39 Å². The van der Waals surface area contributed by atoms with Gasteiger partial charge in [-0.15, -0.1) is 0 Å². The summed E-state index contributed by atoms with van der Waals surface area (Å²) in [5.41, 5.74) is 13.2. The van der Waals surface area contributed by atoms with E-state index in [1.807, 2.05) is 48.5 Å². The highest BCUT2D eigenvalue weighted by atomic mass is 32.2. The molecule has 2 aliphatic heterocycles. The molecule has 9 rings (SSSR count). The van der Waals surface area contributed by atoms with Crippen molar-refractivity contribution in [2.75, 3.05) is 0 Å². The van der Waals surface area contributed by atoms with Gasteiger partial charge in [-0.1, -0.05) is 109 Å². The molecule has 4 nitrogen and oxygen atoms in total. The number of nitrogens with one attached hydrogen (secondary N) is 2. The molecule has 0 unspecified atom stereocenters. The third kappa shape index (κ3) is 5.55. The third-order valence-electron chi connectivity index (χ3n) is 8.91. The number of benzene rings is 4. The predicted octanol–water partition coefficient (Wildman–Crippen LogP) is 11.9. The van der Waals surface area contributed by atoms with Crippen LogP contribution in [0.3, 0.4) is 0 Å². The molecule has 2 N–H and O–H groups in total. The fourth-order valence-corrected chi connectivity index (χ4v) is 7.66. The number of fused-ring (bicyclic) bond motifs is 8. The SMILES string of the molecule is Fc1cccc(Sc2c3nc(c(-c4ccccc4)c4ccc([nH]4)c(-c4ccccc4)c4nc(c(-c5ccccc5)c5ccc2[nH]5)C=C4)C=C3)c1. The van der Waals surface area contributed by atoms with Gasteiger partial charge >= 0.3 is 0 Å². The van der Waals surface area contributed by atoms with E-state index < -0.39 is 0 Å². The third-order valence-corrected chi connectivity index (χ3v) is 10.0. The lowest BCUT2D eigenvalue weighted by Gasteiger charge is -2.06. The standard InChI is InChI=1S/C44H29FN4S/c45-31-17-10-18-32(27-31)50-44-39-25-23-37(48-39)42(29-13-6-2-7-14-29)35-21-19-33(46-35)41(28-11-4-1-5-12-28)34-20-22-36(47-34)43(30-15-8-3-9-16-30)38-24-26-40(44)49-38/h1-27,46,49H. The Morgan fingerprint density at radius 1 is 0.420 bits per heavy atom. The van der Waals surface area contributed by atoms with Crippen molar-refractivity contribution in [3.05, 3.63) is 168 Å². The molecular formula is C44H29FN4S. The topological polar surface area (TPSA) is 57.4 Å². The van der Waals surface area contributed by atoms with E-state index in [0.29, 0.717) is 0 Å². The molecule has 4 aromatic carbocycles. The van der Waals surface area contributed by atoms with Gasteiger partial charge in [0.25, 0.3) is 0 Å². The van der Waals surface area contributed by atoms with Crippen molar-refractivity contribution in [1.82, 2.24) is 19.9 Å². The zero-order valence-electron chi connectivity index (χ0n) is 26.8. The summed E-state index contributed by atoms with van der Waals surface area (Å²) in [5.74, 6) is -0.279. The predicted molar refractivity (Wildman–Crippen MR) is 206 cm³/mol. The van der Waals surface area contributed by atoms with Gasteiger partial charge in [0.15, 0.2) is 0 Å². The second kappa shape index (κ2) is 12.7. The Morgan fingerprint density at radius 2 is 0.840 bits per heavy atom. The van der Waals surface area contributed by atoms with Crippen molar-refractivity contribution in [2.24, 2.45) is 0 Å². The highest BCUT2D eigenvalue weighted by Gasteiger charge is 2.18. The van der Waals surface area contributed by atoms with Crippen molar-refractivity contribution in [3.63, 3.8) is 0 Å². The summed E-state index contributed by atoms with van der Waals surface area (Å²) in [6, 6.07) is 46.2. The fraction of sp³-hybridized carbons (Fsp3) is 0. The van der Waals surface area contributed by atoms with Gasteiger partial charge in [0.2, 0.25) is 0 Å². The zero-order chi connectivity index (χ0) is 33.4. The number of rotatable bonds is 5. The Kier molecular flexibility index (Phi) is 7.56. The molecular weight excluding hydrogens is 636 g/mol. The Bertz CT molecular complexity index is 2580. The summed E-state index contributed by atoms with van der Waals surface area (Å²) >= 11 is 1.49. The number of H-pyrrole nitrogens is 2. The van der Waals surface area contributed by atoms with E-state index in [4.69, 9.17) is 9.97 Å². The van der Waals surface area contributed by atoms with Gasteiger partial charge < -0.3 is 9.97 Å². The summed E-state index contributed by atoms with van der Waals surface area (Å²) < 4.78 is 14.4. The highest BCUT2D eigenvalue weighted by molar-refractivity contribution is 7.99. The van der Waals surface area contributed by atoms with E-state index in [1.54, 1.807) is 12.1 Å². The number of aromatic amines is 2. The van der Waals surface area contributed by atoms with Crippen LogP contribution in [0.4, 0.5) is 4.39 Å². The van der Waals surface area contributed by atoms with Crippen LogP contribution in [0.25, 0.3) is 79.8 Å². The average Bonchev–Trinajstić information content (AvgIpc) is 3.99. The van der Waals surface area contributed by atoms with Crippen LogP contribution in [0.1, 0.15) is 22.8 Å². The number of hydrogen-bond donors (Lipinski definition) is 2. The molecule has 0 atom stereocenters. The summed E-state index contributed by atoms with van der Waals surface area (Å²) in [7, 11) is 0. The maximum atomic E-state index is 14.4. The molecule has 0 amide bonds. The maximum Gasteiger partial charge on any atom is 0.124 e. The zero-order valence-corrected chi connectivity index (χ0v) is 27.6. The summed E-state index contributed by atoms with van der Waals surface area (Å²) in [5, 5.41) is 0. The smallest absolute Gasteiger partial charge is 0.124 e. The number of halogens is 1. The minimum absolute atomic E-state index is 0.279.